The van der Waals surface area contributed by atoms with Crippen LogP contribution in [0.25, 0.3) is 0 Å². The van der Waals surface area contributed by atoms with Crippen LogP contribution >= 0.6 is 11.6 Å². The highest BCUT2D eigenvalue weighted by molar-refractivity contribution is 6.66. The second kappa shape index (κ2) is 7.13. The standard InChI is InChI=1S/C15H16ClF3O3/c1-3-14(4-2,12(16)20)13(21)22-9-10-5-7-11(8-6-10)15(17,18)19/h5-8H,3-4,9H2,1-2H3. The molecular weight excluding hydrogens is 321 g/mol. The number of hydrogen-bond acceptors (Lipinski definition) is 3. The molecule has 0 unspecified atom stereocenters. The van der Waals surface area contributed by atoms with Crippen LogP contribution in [0.1, 0.15) is 37.8 Å². The Kier molecular flexibility index (Phi) is 6.00. The second-order valence-corrected chi connectivity index (χ2v) is 5.18. The highest BCUT2D eigenvalue weighted by Gasteiger charge is 2.43. The zero-order chi connectivity index (χ0) is 17.0. The van der Waals surface area contributed by atoms with E-state index in [-0.39, 0.29) is 19.4 Å². The number of benzene rings is 1. The van der Waals surface area contributed by atoms with Crippen LogP contribution in [-0.4, -0.2) is 11.2 Å². The van der Waals surface area contributed by atoms with Gasteiger partial charge in [0.05, 0.1) is 5.56 Å². The largest absolute Gasteiger partial charge is 0.460 e. The van der Waals surface area contributed by atoms with Gasteiger partial charge in [0.25, 0.3) is 0 Å². The molecule has 0 radical (unpaired) electrons. The van der Waals surface area contributed by atoms with E-state index in [9.17, 15) is 22.8 Å². The third-order valence-corrected chi connectivity index (χ3v) is 3.99. The average molecular weight is 337 g/mol. The average Bonchev–Trinajstić information content (AvgIpc) is 2.46. The van der Waals surface area contributed by atoms with Gasteiger partial charge < -0.3 is 4.74 Å². The van der Waals surface area contributed by atoms with Gasteiger partial charge in [-0.05, 0) is 42.1 Å². The SMILES string of the molecule is CCC(CC)(C(=O)Cl)C(=O)OCc1ccc(C(F)(F)F)cc1. The van der Waals surface area contributed by atoms with Crippen molar-refractivity contribution in [3.63, 3.8) is 0 Å². The molecule has 7 heteroatoms. The summed E-state index contributed by atoms with van der Waals surface area (Å²) in [5.74, 6) is -0.766. The fraction of sp³-hybridized carbons (Fsp3) is 0.467. The maximum atomic E-state index is 12.4. The van der Waals surface area contributed by atoms with Gasteiger partial charge in [-0.2, -0.15) is 13.2 Å². The predicted octanol–water partition coefficient (Wildman–Crippen LogP) is 4.32. The molecule has 0 N–H and O–H groups in total. The first-order valence-electron chi connectivity index (χ1n) is 6.70. The number of rotatable bonds is 6. The number of hydrogen-bond donors (Lipinski definition) is 0. The lowest BCUT2D eigenvalue weighted by molar-refractivity contribution is -0.160. The lowest BCUT2D eigenvalue weighted by Gasteiger charge is -2.24. The van der Waals surface area contributed by atoms with Gasteiger partial charge in [0.2, 0.25) is 5.24 Å². The molecule has 0 atom stereocenters. The minimum atomic E-state index is -4.42. The van der Waals surface area contributed by atoms with Crippen LogP contribution < -0.4 is 0 Å². The Morgan fingerprint density at radius 3 is 1.95 bits per heavy atom. The van der Waals surface area contributed by atoms with Crippen molar-refractivity contribution in [2.24, 2.45) is 5.41 Å². The van der Waals surface area contributed by atoms with Crippen molar-refractivity contribution in [3.8, 4) is 0 Å². The third kappa shape index (κ3) is 4.00. The molecule has 1 aromatic carbocycles. The molecule has 0 bridgehead atoms. The topological polar surface area (TPSA) is 43.4 Å². The molecule has 0 spiro atoms. The first kappa shape index (κ1) is 18.5. The number of esters is 1. The predicted molar refractivity (Wildman–Crippen MR) is 75.1 cm³/mol. The van der Waals surface area contributed by atoms with E-state index in [1.165, 1.54) is 12.1 Å². The summed E-state index contributed by atoms with van der Waals surface area (Å²) in [5, 5.41) is -0.796. The maximum absolute atomic E-state index is 12.4. The number of carbonyl (C=O) groups excluding carboxylic acids is 2. The molecule has 0 saturated carbocycles. The van der Waals surface area contributed by atoms with E-state index < -0.39 is 28.4 Å². The number of halogens is 4. The quantitative estimate of drug-likeness (QED) is 0.441. The summed E-state index contributed by atoms with van der Waals surface area (Å²) >= 11 is 5.48. The van der Waals surface area contributed by atoms with Crippen LogP contribution in [0, 0.1) is 5.41 Å². The summed E-state index contributed by atoms with van der Waals surface area (Å²) < 4.78 is 42.3. The Bertz CT molecular complexity index is 534. The fourth-order valence-electron chi connectivity index (χ4n) is 1.97. The van der Waals surface area contributed by atoms with Crippen molar-refractivity contribution in [2.45, 2.75) is 39.5 Å². The number of ether oxygens (including phenoxy) is 1. The van der Waals surface area contributed by atoms with Crippen LogP contribution in [0.2, 0.25) is 0 Å². The summed E-state index contributed by atoms with van der Waals surface area (Å²) in [4.78, 5) is 23.5. The van der Waals surface area contributed by atoms with E-state index in [0.29, 0.717) is 5.56 Å². The Balaban J connectivity index is 2.77. The molecular formula is C15H16ClF3O3. The van der Waals surface area contributed by atoms with Gasteiger partial charge in [-0.25, -0.2) is 0 Å². The molecule has 1 aromatic rings. The summed E-state index contributed by atoms with van der Waals surface area (Å²) in [6, 6.07) is 4.25. The van der Waals surface area contributed by atoms with Gasteiger partial charge in [-0.1, -0.05) is 26.0 Å². The lowest BCUT2D eigenvalue weighted by atomic mass is 9.84. The van der Waals surface area contributed by atoms with Crippen LogP contribution in [-0.2, 0) is 27.1 Å². The molecule has 122 valence electrons. The smallest absolute Gasteiger partial charge is 0.416 e. The zero-order valence-corrected chi connectivity index (χ0v) is 12.9. The first-order valence-corrected chi connectivity index (χ1v) is 7.08. The summed E-state index contributed by atoms with van der Waals surface area (Å²) in [6.45, 7) is 3.06. The van der Waals surface area contributed by atoms with Crippen molar-refractivity contribution < 1.29 is 27.5 Å². The van der Waals surface area contributed by atoms with Crippen molar-refractivity contribution in [3.05, 3.63) is 35.4 Å². The Labute approximate surface area is 131 Å². The maximum Gasteiger partial charge on any atom is 0.416 e. The van der Waals surface area contributed by atoms with Crippen molar-refractivity contribution in [1.29, 1.82) is 0 Å². The van der Waals surface area contributed by atoms with E-state index >= 15 is 0 Å². The van der Waals surface area contributed by atoms with Crippen LogP contribution in [0.3, 0.4) is 0 Å². The Morgan fingerprint density at radius 2 is 1.59 bits per heavy atom. The lowest BCUT2D eigenvalue weighted by Crippen LogP contribution is -2.37. The summed E-state index contributed by atoms with van der Waals surface area (Å²) in [7, 11) is 0. The molecule has 0 fully saturated rings. The van der Waals surface area contributed by atoms with Crippen molar-refractivity contribution >= 4 is 22.8 Å². The monoisotopic (exact) mass is 336 g/mol. The highest BCUT2D eigenvalue weighted by Crippen LogP contribution is 2.32. The van der Waals surface area contributed by atoms with Gasteiger partial charge in [-0.15, -0.1) is 0 Å². The molecule has 0 saturated heterocycles. The molecule has 0 heterocycles. The number of carbonyl (C=O) groups is 2. The molecule has 0 aliphatic heterocycles. The van der Waals surface area contributed by atoms with Crippen LogP contribution in [0.5, 0.6) is 0 Å². The van der Waals surface area contributed by atoms with E-state index in [0.717, 1.165) is 12.1 Å². The molecule has 0 aliphatic rings. The highest BCUT2D eigenvalue weighted by atomic mass is 35.5. The molecule has 0 amide bonds. The zero-order valence-electron chi connectivity index (χ0n) is 12.2. The van der Waals surface area contributed by atoms with E-state index in [2.05, 4.69) is 0 Å². The Morgan fingerprint density at radius 1 is 1.09 bits per heavy atom. The molecule has 1 rings (SSSR count). The van der Waals surface area contributed by atoms with Gasteiger partial charge >= 0.3 is 12.1 Å². The van der Waals surface area contributed by atoms with Crippen LogP contribution in [0.15, 0.2) is 24.3 Å². The first-order chi connectivity index (χ1) is 10.2. The Hall–Kier alpha value is -1.56. The van der Waals surface area contributed by atoms with Crippen LogP contribution in [0.4, 0.5) is 13.2 Å². The van der Waals surface area contributed by atoms with E-state index in [1.54, 1.807) is 13.8 Å². The van der Waals surface area contributed by atoms with Crippen molar-refractivity contribution in [2.75, 3.05) is 0 Å². The summed E-state index contributed by atoms with van der Waals surface area (Å²) in [5.41, 5.74) is -1.80. The van der Waals surface area contributed by atoms with Gasteiger partial charge in [0.15, 0.2) is 0 Å². The molecule has 0 aromatic heterocycles. The fourth-order valence-corrected chi connectivity index (χ4v) is 2.32. The van der Waals surface area contributed by atoms with Gasteiger partial charge in [0.1, 0.15) is 12.0 Å². The molecule has 0 aliphatic carbocycles. The van der Waals surface area contributed by atoms with Gasteiger partial charge in [0, 0.05) is 0 Å². The summed E-state index contributed by atoms with van der Waals surface area (Å²) in [6.07, 6.45) is -4.03. The number of alkyl halides is 3. The van der Waals surface area contributed by atoms with E-state index in [4.69, 9.17) is 16.3 Å². The van der Waals surface area contributed by atoms with E-state index in [1.807, 2.05) is 0 Å². The van der Waals surface area contributed by atoms with Gasteiger partial charge in [-0.3, -0.25) is 9.59 Å². The van der Waals surface area contributed by atoms with Crippen molar-refractivity contribution in [1.82, 2.24) is 0 Å². The second-order valence-electron chi connectivity index (χ2n) is 4.83. The minimum absolute atomic E-state index is 0.192. The third-order valence-electron chi connectivity index (χ3n) is 3.63. The normalized spacial score (nSPS) is 12.1. The minimum Gasteiger partial charge on any atom is -0.460 e. The molecule has 22 heavy (non-hydrogen) atoms. The molecule has 3 nitrogen and oxygen atoms in total.